The SMILES string of the molecule is O=C(c1cccc(C(F)(F)F)c1)N1CCN=C1SCc1ccc(C(F)(F)F)cc1. The third-order valence-corrected chi connectivity index (χ3v) is 5.22. The maximum absolute atomic E-state index is 12.9. The Balaban J connectivity index is 1.68. The first-order chi connectivity index (χ1) is 13.6. The zero-order chi connectivity index (χ0) is 21.2. The number of amides is 1. The van der Waals surface area contributed by atoms with Gasteiger partial charge in [-0.05, 0) is 35.9 Å². The molecular formula is C19H14F6N2OS. The number of aliphatic imine (C=N–C) groups is 1. The second-order valence-corrected chi connectivity index (χ2v) is 7.13. The summed E-state index contributed by atoms with van der Waals surface area (Å²) in [5, 5.41) is 0.326. The normalized spacial score (nSPS) is 14.8. The molecule has 0 saturated heterocycles. The van der Waals surface area contributed by atoms with Crippen LogP contribution in [0.4, 0.5) is 26.3 Å². The van der Waals surface area contributed by atoms with Gasteiger partial charge in [-0.15, -0.1) is 0 Å². The summed E-state index contributed by atoms with van der Waals surface area (Å²) in [6.07, 6.45) is -8.98. The predicted molar refractivity (Wildman–Crippen MR) is 97.5 cm³/mol. The van der Waals surface area contributed by atoms with Crippen LogP contribution in [0.2, 0.25) is 0 Å². The van der Waals surface area contributed by atoms with Crippen LogP contribution in [0.15, 0.2) is 53.5 Å². The van der Waals surface area contributed by atoms with Crippen molar-refractivity contribution in [3.05, 3.63) is 70.8 Å². The molecule has 3 nitrogen and oxygen atoms in total. The molecule has 154 valence electrons. The molecule has 2 aromatic rings. The van der Waals surface area contributed by atoms with E-state index in [0.717, 1.165) is 42.1 Å². The van der Waals surface area contributed by atoms with E-state index in [1.165, 1.54) is 23.1 Å². The smallest absolute Gasteiger partial charge is 0.286 e. The van der Waals surface area contributed by atoms with Gasteiger partial charge in [-0.3, -0.25) is 14.7 Å². The molecule has 0 radical (unpaired) electrons. The summed E-state index contributed by atoms with van der Waals surface area (Å²) in [5.74, 6) is -0.337. The number of amidine groups is 1. The molecule has 1 aliphatic rings. The molecule has 1 aliphatic heterocycles. The Morgan fingerprint density at radius 3 is 2.24 bits per heavy atom. The van der Waals surface area contributed by atoms with Crippen molar-refractivity contribution in [2.45, 2.75) is 18.1 Å². The predicted octanol–water partition coefficient (Wildman–Crippen LogP) is 5.47. The lowest BCUT2D eigenvalue weighted by atomic mass is 10.1. The number of halogens is 6. The van der Waals surface area contributed by atoms with Crippen LogP contribution in [-0.2, 0) is 18.1 Å². The summed E-state index contributed by atoms with van der Waals surface area (Å²) < 4.78 is 76.5. The summed E-state index contributed by atoms with van der Waals surface area (Å²) in [5.41, 5.74) is -1.18. The van der Waals surface area contributed by atoms with Crippen LogP contribution < -0.4 is 0 Å². The van der Waals surface area contributed by atoms with Crippen molar-refractivity contribution >= 4 is 22.8 Å². The van der Waals surface area contributed by atoms with E-state index in [-0.39, 0.29) is 17.9 Å². The molecule has 2 aromatic carbocycles. The fourth-order valence-corrected chi connectivity index (χ4v) is 3.66. The summed E-state index contributed by atoms with van der Waals surface area (Å²) in [7, 11) is 0. The van der Waals surface area contributed by atoms with E-state index in [0.29, 0.717) is 17.3 Å². The number of thioether (sulfide) groups is 1. The quantitative estimate of drug-likeness (QED) is 0.603. The Bertz CT molecular complexity index is 922. The average molecular weight is 432 g/mol. The number of carbonyl (C=O) groups is 1. The first-order valence-electron chi connectivity index (χ1n) is 8.38. The monoisotopic (exact) mass is 432 g/mol. The van der Waals surface area contributed by atoms with E-state index in [1.54, 1.807) is 0 Å². The van der Waals surface area contributed by atoms with E-state index in [2.05, 4.69) is 4.99 Å². The molecule has 0 spiro atoms. The van der Waals surface area contributed by atoms with E-state index in [4.69, 9.17) is 0 Å². The van der Waals surface area contributed by atoms with Gasteiger partial charge in [0.25, 0.3) is 5.91 Å². The van der Waals surface area contributed by atoms with Crippen LogP contribution in [0.5, 0.6) is 0 Å². The largest absolute Gasteiger partial charge is 0.416 e. The Morgan fingerprint density at radius 2 is 1.62 bits per heavy atom. The first-order valence-corrected chi connectivity index (χ1v) is 9.37. The molecule has 0 aromatic heterocycles. The Kier molecular flexibility index (Phi) is 5.92. The Hall–Kier alpha value is -2.49. The van der Waals surface area contributed by atoms with Gasteiger partial charge < -0.3 is 0 Å². The lowest BCUT2D eigenvalue weighted by Crippen LogP contribution is -2.33. The summed E-state index contributed by atoms with van der Waals surface area (Å²) in [6.45, 7) is 0.532. The minimum Gasteiger partial charge on any atom is -0.286 e. The molecule has 0 aliphatic carbocycles. The zero-order valence-electron chi connectivity index (χ0n) is 14.7. The van der Waals surface area contributed by atoms with Gasteiger partial charge in [0.2, 0.25) is 0 Å². The highest BCUT2D eigenvalue weighted by molar-refractivity contribution is 8.13. The van der Waals surface area contributed by atoms with Gasteiger partial charge in [-0.2, -0.15) is 26.3 Å². The number of alkyl halides is 6. The highest BCUT2D eigenvalue weighted by Crippen LogP contribution is 2.31. The lowest BCUT2D eigenvalue weighted by Gasteiger charge is -2.18. The third kappa shape index (κ3) is 5.11. The molecule has 1 amide bonds. The Morgan fingerprint density at radius 1 is 0.966 bits per heavy atom. The van der Waals surface area contributed by atoms with E-state index < -0.39 is 29.4 Å². The molecule has 3 rings (SSSR count). The second kappa shape index (κ2) is 8.10. The van der Waals surface area contributed by atoms with Crippen molar-refractivity contribution in [3.63, 3.8) is 0 Å². The number of carbonyl (C=O) groups excluding carboxylic acids is 1. The zero-order valence-corrected chi connectivity index (χ0v) is 15.5. The minimum atomic E-state index is -4.56. The number of benzene rings is 2. The van der Waals surface area contributed by atoms with E-state index in [1.807, 2.05) is 0 Å². The molecule has 0 saturated carbocycles. The van der Waals surface area contributed by atoms with Gasteiger partial charge in [-0.1, -0.05) is 30.0 Å². The van der Waals surface area contributed by atoms with Crippen molar-refractivity contribution in [1.82, 2.24) is 4.90 Å². The summed E-state index contributed by atoms with van der Waals surface area (Å²) in [6, 6.07) is 8.75. The fourth-order valence-electron chi connectivity index (χ4n) is 2.66. The molecule has 0 N–H and O–H groups in total. The molecule has 10 heteroatoms. The molecular weight excluding hydrogens is 418 g/mol. The molecule has 1 heterocycles. The third-order valence-electron chi connectivity index (χ3n) is 4.13. The molecule has 0 bridgehead atoms. The van der Waals surface area contributed by atoms with Gasteiger partial charge in [-0.25, -0.2) is 0 Å². The fraction of sp³-hybridized carbons (Fsp3) is 0.263. The van der Waals surface area contributed by atoms with Crippen molar-refractivity contribution in [2.75, 3.05) is 13.1 Å². The minimum absolute atomic E-state index is 0.107. The number of rotatable bonds is 3. The number of hydrogen-bond donors (Lipinski definition) is 0. The van der Waals surface area contributed by atoms with Gasteiger partial charge >= 0.3 is 12.4 Å². The van der Waals surface area contributed by atoms with Crippen molar-refractivity contribution in [3.8, 4) is 0 Å². The topological polar surface area (TPSA) is 32.7 Å². The maximum atomic E-state index is 12.9. The van der Waals surface area contributed by atoms with Gasteiger partial charge in [0.05, 0.1) is 17.7 Å². The highest BCUT2D eigenvalue weighted by atomic mass is 32.2. The van der Waals surface area contributed by atoms with Crippen LogP contribution in [0.25, 0.3) is 0 Å². The molecule has 29 heavy (non-hydrogen) atoms. The molecule has 0 atom stereocenters. The average Bonchev–Trinajstić information content (AvgIpc) is 3.13. The van der Waals surface area contributed by atoms with Gasteiger partial charge in [0, 0.05) is 17.9 Å². The van der Waals surface area contributed by atoms with Gasteiger partial charge in [0.15, 0.2) is 5.17 Å². The maximum Gasteiger partial charge on any atom is 0.416 e. The van der Waals surface area contributed by atoms with Crippen LogP contribution in [0.1, 0.15) is 27.0 Å². The van der Waals surface area contributed by atoms with Crippen LogP contribution >= 0.6 is 11.8 Å². The van der Waals surface area contributed by atoms with Crippen molar-refractivity contribution in [2.24, 2.45) is 4.99 Å². The molecule has 0 unspecified atom stereocenters. The van der Waals surface area contributed by atoms with Gasteiger partial charge in [0.1, 0.15) is 0 Å². The van der Waals surface area contributed by atoms with Crippen molar-refractivity contribution < 1.29 is 31.1 Å². The van der Waals surface area contributed by atoms with Crippen LogP contribution in [0, 0.1) is 0 Å². The summed E-state index contributed by atoms with van der Waals surface area (Å²) >= 11 is 1.14. The Labute approximate surface area is 166 Å². The molecule has 0 fully saturated rings. The second-order valence-electron chi connectivity index (χ2n) is 6.18. The standard InChI is InChI=1S/C19H14F6N2OS/c20-18(21,22)14-6-4-12(5-7-14)11-29-17-26-8-9-27(17)16(28)13-2-1-3-15(10-13)19(23,24)25/h1-7,10H,8-9,11H2. The van der Waals surface area contributed by atoms with Crippen LogP contribution in [-0.4, -0.2) is 29.1 Å². The number of nitrogens with zero attached hydrogens (tertiary/aromatic N) is 2. The van der Waals surface area contributed by atoms with Crippen molar-refractivity contribution in [1.29, 1.82) is 0 Å². The highest BCUT2D eigenvalue weighted by Gasteiger charge is 2.32. The van der Waals surface area contributed by atoms with E-state index >= 15 is 0 Å². The summed E-state index contributed by atoms with van der Waals surface area (Å²) in [4.78, 5) is 18.1. The van der Waals surface area contributed by atoms with Crippen LogP contribution in [0.3, 0.4) is 0 Å². The number of hydrogen-bond acceptors (Lipinski definition) is 3. The lowest BCUT2D eigenvalue weighted by molar-refractivity contribution is -0.138. The van der Waals surface area contributed by atoms with E-state index in [9.17, 15) is 31.1 Å². The first kappa shape index (κ1) is 21.2.